The first-order valence-electron chi connectivity index (χ1n) is 7.28. The van der Waals surface area contributed by atoms with Gasteiger partial charge in [-0.25, -0.2) is 18.1 Å². The SMILES string of the molecule is CC(C)(C)c1nc(CN2CCC[C@@H](NS(C)(=O)=O)C2)cs1. The summed E-state index contributed by atoms with van der Waals surface area (Å²) in [5.74, 6) is 0. The molecule has 0 unspecified atom stereocenters. The van der Waals surface area contributed by atoms with Crippen LogP contribution < -0.4 is 4.72 Å². The molecule has 0 aliphatic carbocycles. The molecule has 21 heavy (non-hydrogen) atoms. The summed E-state index contributed by atoms with van der Waals surface area (Å²) < 4.78 is 25.4. The van der Waals surface area contributed by atoms with Crippen LogP contribution in [0.4, 0.5) is 0 Å². The maximum absolute atomic E-state index is 11.3. The van der Waals surface area contributed by atoms with Crippen LogP contribution in [0.15, 0.2) is 5.38 Å². The van der Waals surface area contributed by atoms with Gasteiger partial charge in [0.15, 0.2) is 0 Å². The number of nitrogens with zero attached hydrogens (tertiary/aromatic N) is 2. The van der Waals surface area contributed by atoms with Crippen molar-refractivity contribution in [3.8, 4) is 0 Å². The lowest BCUT2D eigenvalue weighted by Gasteiger charge is -2.32. The van der Waals surface area contributed by atoms with Gasteiger partial charge in [-0.15, -0.1) is 11.3 Å². The van der Waals surface area contributed by atoms with E-state index in [4.69, 9.17) is 4.98 Å². The molecule has 2 heterocycles. The van der Waals surface area contributed by atoms with E-state index < -0.39 is 10.0 Å². The molecule has 1 fully saturated rings. The van der Waals surface area contributed by atoms with Gasteiger partial charge >= 0.3 is 0 Å². The number of rotatable bonds is 4. The van der Waals surface area contributed by atoms with Gasteiger partial charge in [0.25, 0.3) is 0 Å². The molecule has 7 heteroatoms. The molecule has 0 saturated carbocycles. The van der Waals surface area contributed by atoms with Crippen LogP contribution in [0.3, 0.4) is 0 Å². The molecule has 0 aromatic carbocycles. The Morgan fingerprint density at radius 1 is 1.48 bits per heavy atom. The third-order valence-corrected chi connectivity index (χ3v) is 5.54. The van der Waals surface area contributed by atoms with Gasteiger partial charge in [-0.2, -0.15) is 0 Å². The summed E-state index contributed by atoms with van der Waals surface area (Å²) in [4.78, 5) is 7.00. The summed E-state index contributed by atoms with van der Waals surface area (Å²) in [5, 5.41) is 3.27. The highest BCUT2D eigenvalue weighted by Gasteiger charge is 2.24. The standard InChI is InChI=1S/C14H25N3O2S2/c1-14(2,3)13-15-12(10-20-13)9-17-7-5-6-11(8-17)16-21(4,18)19/h10-11,16H,5-9H2,1-4H3/t11-/m1/s1. The first-order valence-corrected chi connectivity index (χ1v) is 10.0. The lowest BCUT2D eigenvalue weighted by atomic mass is 9.98. The fourth-order valence-electron chi connectivity index (χ4n) is 2.55. The van der Waals surface area contributed by atoms with Crippen LogP contribution >= 0.6 is 11.3 Å². The third-order valence-electron chi connectivity index (χ3n) is 3.47. The van der Waals surface area contributed by atoms with Crippen molar-refractivity contribution in [2.24, 2.45) is 0 Å². The molecule has 1 aliphatic heterocycles. The summed E-state index contributed by atoms with van der Waals surface area (Å²) in [6.45, 7) is 9.07. The number of aromatic nitrogens is 1. The normalized spacial score (nSPS) is 21.6. The highest BCUT2D eigenvalue weighted by molar-refractivity contribution is 7.88. The number of hydrogen-bond donors (Lipinski definition) is 1. The molecule has 0 spiro atoms. The topological polar surface area (TPSA) is 62.3 Å². The fourth-order valence-corrected chi connectivity index (χ4v) is 4.25. The Morgan fingerprint density at radius 2 is 2.19 bits per heavy atom. The van der Waals surface area contributed by atoms with Crippen molar-refractivity contribution >= 4 is 21.4 Å². The largest absolute Gasteiger partial charge is 0.296 e. The molecule has 5 nitrogen and oxygen atoms in total. The zero-order chi connectivity index (χ0) is 15.7. The van der Waals surface area contributed by atoms with Gasteiger partial charge in [-0.3, -0.25) is 4.90 Å². The van der Waals surface area contributed by atoms with E-state index in [1.54, 1.807) is 11.3 Å². The molecule has 2 rings (SSSR count). The van der Waals surface area contributed by atoms with Gasteiger partial charge < -0.3 is 0 Å². The number of likely N-dealkylation sites (tertiary alicyclic amines) is 1. The van der Waals surface area contributed by atoms with Crippen LogP contribution in [0, 0.1) is 0 Å². The summed E-state index contributed by atoms with van der Waals surface area (Å²) in [6, 6.07) is 0.0227. The lowest BCUT2D eigenvalue weighted by Crippen LogP contribution is -2.47. The minimum atomic E-state index is -3.13. The highest BCUT2D eigenvalue weighted by Crippen LogP contribution is 2.26. The fraction of sp³-hybridized carbons (Fsp3) is 0.786. The van der Waals surface area contributed by atoms with Crippen LogP contribution in [0.1, 0.15) is 44.3 Å². The quantitative estimate of drug-likeness (QED) is 0.916. The van der Waals surface area contributed by atoms with Crippen molar-refractivity contribution in [1.29, 1.82) is 0 Å². The smallest absolute Gasteiger partial charge is 0.208 e. The van der Waals surface area contributed by atoms with Crippen molar-refractivity contribution in [3.63, 3.8) is 0 Å². The number of thiazole rings is 1. The first kappa shape index (κ1) is 16.9. The van der Waals surface area contributed by atoms with Crippen molar-refractivity contribution in [2.45, 2.75) is 51.6 Å². The maximum atomic E-state index is 11.3. The second-order valence-corrected chi connectivity index (χ2v) is 9.50. The van der Waals surface area contributed by atoms with Gasteiger partial charge in [0, 0.05) is 29.9 Å². The number of nitrogens with one attached hydrogen (secondary N) is 1. The van der Waals surface area contributed by atoms with Gasteiger partial charge in [-0.1, -0.05) is 20.8 Å². The second kappa shape index (κ2) is 6.32. The maximum Gasteiger partial charge on any atom is 0.208 e. The molecule has 1 saturated heterocycles. The minimum Gasteiger partial charge on any atom is -0.296 e. The number of piperidine rings is 1. The van der Waals surface area contributed by atoms with Crippen molar-refractivity contribution in [2.75, 3.05) is 19.3 Å². The van der Waals surface area contributed by atoms with E-state index in [0.29, 0.717) is 0 Å². The lowest BCUT2D eigenvalue weighted by molar-refractivity contribution is 0.193. The first-order chi connectivity index (χ1) is 9.63. The molecular formula is C14H25N3O2S2. The van der Waals surface area contributed by atoms with Crippen LogP contribution in [0.2, 0.25) is 0 Å². The molecule has 1 N–H and O–H groups in total. The Labute approximate surface area is 131 Å². The van der Waals surface area contributed by atoms with Crippen molar-refractivity contribution in [1.82, 2.24) is 14.6 Å². The molecular weight excluding hydrogens is 306 g/mol. The van der Waals surface area contributed by atoms with Gasteiger partial charge in [0.05, 0.1) is 17.0 Å². The zero-order valence-corrected chi connectivity index (χ0v) is 14.9. The van der Waals surface area contributed by atoms with E-state index in [0.717, 1.165) is 43.2 Å². The third kappa shape index (κ3) is 5.32. The Morgan fingerprint density at radius 3 is 2.76 bits per heavy atom. The van der Waals surface area contributed by atoms with E-state index in [9.17, 15) is 8.42 Å². The summed E-state index contributed by atoms with van der Waals surface area (Å²) >= 11 is 1.71. The van der Waals surface area contributed by atoms with Crippen LogP contribution in [0.25, 0.3) is 0 Å². The average Bonchev–Trinajstić information content (AvgIpc) is 2.75. The zero-order valence-electron chi connectivity index (χ0n) is 13.2. The average molecular weight is 332 g/mol. The molecule has 1 aliphatic rings. The number of hydrogen-bond acceptors (Lipinski definition) is 5. The Hall–Kier alpha value is -0.500. The molecule has 120 valence electrons. The number of sulfonamides is 1. The van der Waals surface area contributed by atoms with Crippen LogP contribution in [0.5, 0.6) is 0 Å². The van der Waals surface area contributed by atoms with Crippen molar-refractivity contribution < 1.29 is 8.42 Å². The van der Waals surface area contributed by atoms with Crippen LogP contribution in [-0.2, 0) is 22.0 Å². The molecule has 1 atom stereocenters. The molecule has 0 bridgehead atoms. The summed E-state index contributed by atoms with van der Waals surface area (Å²) in [5.41, 5.74) is 1.18. The van der Waals surface area contributed by atoms with Crippen LogP contribution in [-0.4, -0.2) is 43.7 Å². The van der Waals surface area contributed by atoms with E-state index >= 15 is 0 Å². The summed E-state index contributed by atoms with van der Waals surface area (Å²) in [6.07, 6.45) is 3.15. The monoisotopic (exact) mass is 331 g/mol. The second-order valence-electron chi connectivity index (χ2n) is 6.86. The Kier molecular flexibility index (Phi) is 5.07. The van der Waals surface area contributed by atoms with Gasteiger partial charge in [0.1, 0.15) is 0 Å². The predicted molar refractivity (Wildman–Crippen MR) is 87.1 cm³/mol. The van der Waals surface area contributed by atoms with Gasteiger partial charge in [-0.05, 0) is 19.4 Å². The molecule has 0 radical (unpaired) electrons. The molecule has 1 aromatic rings. The van der Waals surface area contributed by atoms with E-state index in [1.165, 1.54) is 6.26 Å². The van der Waals surface area contributed by atoms with Crippen molar-refractivity contribution in [3.05, 3.63) is 16.1 Å². The summed E-state index contributed by atoms with van der Waals surface area (Å²) in [7, 11) is -3.13. The van der Waals surface area contributed by atoms with E-state index in [1.807, 2.05) is 0 Å². The van der Waals surface area contributed by atoms with E-state index in [-0.39, 0.29) is 11.5 Å². The Bertz CT molecular complexity index is 575. The molecule has 0 amide bonds. The highest BCUT2D eigenvalue weighted by atomic mass is 32.2. The molecule has 1 aromatic heterocycles. The predicted octanol–water partition coefficient (Wildman–Crippen LogP) is 1.95. The van der Waals surface area contributed by atoms with E-state index in [2.05, 4.69) is 35.8 Å². The minimum absolute atomic E-state index is 0.0227. The van der Waals surface area contributed by atoms with Gasteiger partial charge in [0.2, 0.25) is 10.0 Å². The Balaban J connectivity index is 1.95.